The van der Waals surface area contributed by atoms with Crippen LogP contribution >= 0.6 is 0 Å². The van der Waals surface area contributed by atoms with Crippen molar-refractivity contribution in [1.82, 2.24) is 24.8 Å². The molecule has 1 atom stereocenters. The van der Waals surface area contributed by atoms with Crippen LogP contribution in [0, 0.1) is 0 Å². The van der Waals surface area contributed by atoms with Crippen molar-refractivity contribution in [1.29, 1.82) is 0 Å². The summed E-state index contributed by atoms with van der Waals surface area (Å²) in [5.74, 6) is 1.47. The van der Waals surface area contributed by atoms with E-state index in [2.05, 4.69) is 20.3 Å². The second-order valence-electron chi connectivity index (χ2n) is 9.38. The van der Waals surface area contributed by atoms with Crippen molar-refractivity contribution in [3.05, 3.63) is 36.8 Å². The van der Waals surface area contributed by atoms with Gasteiger partial charge >= 0.3 is 6.09 Å². The Hall–Kier alpha value is -3.53. The third kappa shape index (κ3) is 5.69. The lowest BCUT2D eigenvalue weighted by Crippen LogP contribution is -2.49. The van der Waals surface area contributed by atoms with E-state index in [1.54, 1.807) is 23.5 Å². The molecular formula is C24H31N7O3. The predicted octanol–water partition coefficient (Wildman–Crippen LogP) is 3.20. The van der Waals surface area contributed by atoms with Crippen LogP contribution in [0.2, 0.25) is 0 Å². The number of fused-ring (bicyclic) bond motifs is 1. The average molecular weight is 466 g/mol. The van der Waals surface area contributed by atoms with Gasteiger partial charge in [-0.2, -0.15) is 0 Å². The van der Waals surface area contributed by atoms with Crippen LogP contribution in [-0.4, -0.2) is 83.0 Å². The molecule has 0 aliphatic carbocycles. The van der Waals surface area contributed by atoms with Gasteiger partial charge in [-0.1, -0.05) is 0 Å². The summed E-state index contributed by atoms with van der Waals surface area (Å²) in [6.07, 6.45) is 4.56. The largest absolute Gasteiger partial charge is 0.444 e. The SMILES string of the molecule is CN(C)c1ccc(-c2cc3nccnc3c(NCC3CN(C(=O)OC(C)(C)C)CCO3)n2)cn1. The van der Waals surface area contributed by atoms with Crippen molar-refractivity contribution in [2.45, 2.75) is 32.5 Å². The Kier molecular flexibility index (Phi) is 6.78. The van der Waals surface area contributed by atoms with E-state index < -0.39 is 5.60 Å². The topological polar surface area (TPSA) is 106 Å². The highest BCUT2D eigenvalue weighted by Gasteiger charge is 2.28. The maximum atomic E-state index is 12.5. The number of carbonyl (C=O) groups is 1. The smallest absolute Gasteiger partial charge is 0.410 e. The number of pyridine rings is 2. The zero-order chi connectivity index (χ0) is 24.3. The van der Waals surface area contributed by atoms with Crippen LogP contribution in [0.25, 0.3) is 22.3 Å². The summed E-state index contributed by atoms with van der Waals surface area (Å²) in [6, 6.07) is 5.84. The second kappa shape index (κ2) is 9.76. The highest BCUT2D eigenvalue weighted by molar-refractivity contribution is 5.88. The van der Waals surface area contributed by atoms with Gasteiger partial charge in [0.25, 0.3) is 0 Å². The van der Waals surface area contributed by atoms with Crippen LogP contribution in [0.5, 0.6) is 0 Å². The molecule has 4 heterocycles. The van der Waals surface area contributed by atoms with E-state index in [1.165, 1.54) is 0 Å². The van der Waals surface area contributed by atoms with Crippen molar-refractivity contribution in [2.75, 3.05) is 50.6 Å². The van der Waals surface area contributed by atoms with Crippen molar-refractivity contribution >= 4 is 28.8 Å². The van der Waals surface area contributed by atoms with Crippen LogP contribution in [0.3, 0.4) is 0 Å². The fourth-order valence-electron chi connectivity index (χ4n) is 3.59. The minimum Gasteiger partial charge on any atom is -0.444 e. The molecule has 1 amide bonds. The van der Waals surface area contributed by atoms with E-state index >= 15 is 0 Å². The summed E-state index contributed by atoms with van der Waals surface area (Å²) in [4.78, 5) is 34.3. The molecule has 1 fully saturated rings. The van der Waals surface area contributed by atoms with Crippen LogP contribution in [0.1, 0.15) is 20.8 Å². The summed E-state index contributed by atoms with van der Waals surface area (Å²) >= 11 is 0. The molecular weight excluding hydrogens is 434 g/mol. The average Bonchev–Trinajstić information content (AvgIpc) is 2.81. The summed E-state index contributed by atoms with van der Waals surface area (Å²) in [5.41, 5.74) is 2.49. The first-order chi connectivity index (χ1) is 16.2. The van der Waals surface area contributed by atoms with Crippen molar-refractivity contribution < 1.29 is 14.3 Å². The molecule has 0 spiro atoms. The van der Waals surface area contributed by atoms with Crippen LogP contribution in [0.15, 0.2) is 36.8 Å². The standard InChI is InChI=1S/C24H31N7O3/c1-24(2,3)34-23(32)31-10-11-33-17(15-31)14-28-22-21-19(25-8-9-26-21)12-18(29-22)16-6-7-20(27-13-16)30(4)5/h6-9,12-13,17H,10-11,14-15H2,1-5H3,(H,28,29). The molecule has 4 rings (SSSR count). The monoisotopic (exact) mass is 465 g/mol. The number of anilines is 2. The zero-order valence-electron chi connectivity index (χ0n) is 20.3. The Morgan fingerprint density at radius 1 is 1.24 bits per heavy atom. The Balaban J connectivity index is 1.52. The lowest BCUT2D eigenvalue weighted by atomic mass is 10.1. The molecule has 0 radical (unpaired) electrons. The molecule has 0 aromatic carbocycles. The summed E-state index contributed by atoms with van der Waals surface area (Å²) in [7, 11) is 3.90. The number of hydrogen-bond donors (Lipinski definition) is 1. The molecule has 10 nitrogen and oxygen atoms in total. The highest BCUT2D eigenvalue weighted by atomic mass is 16.6. The van der Waals surface area contributed by atoms with Gasteiger partial charge in [-0.25, -0.2) is 19.7 Å². The van der Waals surface area contributed by atoms with Gasteiger partial charge in [0.2, 0.25) is 0 Å². The molecule has 1 N–H and O–H groups in total. The predicted molar refractivity (Wildman–Crippen MR) is 131 cm³/mol. The van der Waals surface area contributed by atoms with Gasteiger partial charge in [-0.3, -0.25) is 4.98 Å². The summed E-state index contributed by atoms with van der Waals surface area (Å²) in [5, 5.41) is 3.36. The fourth-order valence-corrected chi connectivity index (χ4v) is 3.59. The summed E-state index contributed by atoms with van der Waals surface area (Å²) < 4.78 is 11.4. The Morgan fingerprint density at radius 2 is 2.03 bits per heavy atom. The molecule has 0 saturated carbocycles. The molecule has 0 bridgehead atoms. The first-order valence-corrected chi connectivity index (χ1v) is 11.3. The van der Waals surface area contributed by atoms with Crippen molar-refractivity contribution in [3.8, 4) is 11.3 Å². The number of nitrogens with zero attached hydrogens (tertiary/aromatic N) is 6. The first-order valence-electron chi connectivity index (χ1n) is 11.3. The Labute approximate surface area is 199 Å². The molecule has 34 heavy (non-hydrogen) atoms. The van der Waals surface area contributed by atoms with Gasteiger partial charge in [-0.05, 0) is 39.0 Å². The normalized spacial score (nSPS) is 16.4. The number of hydrogen-bond acceptors (Lipinski definition) is 9. The number of aromatic nitrogens is 4. The van der Waals surface area contributed by atoms with Crippen LogP contribution in [-0.2, 0) is 9.47 Å². The molecule has 1 saturated heterocycles. The molecule has 180 valence electrons. The molecule has 3 aromatic heterocycles. The minimum atomic E-state index is -0.537. The van der Waals surface area contributed by atoms with Gasteiger partial charge in [0.15, 0.2) is 5.82 Å². The zero-order valence-corrected chi connectivity index (χ0v) is 20.3. The maximum Gasteiger partial charge on any atom is 0.410 e. The number of rotatable bonds is 5. The first kappa shape index (κ1) is 23.6. The van der Waals surface area contributed by atoms with Crippen molar-refractivity contribution in [3.63, 3.8) is 0 Å². The van der Waals surface area contributed by atoms with Gasteiger partial charge < -0.3 is 24.6 Å². The van der Waals surface area contributed by atoms with E-state index in [0.717, 1.165) is 22.6 Å². The third-order valence-corrected chi connectivity index (χ3v) is 5.25. The maximum absolute atomic E-state index is 12.5. The second-order valence-corrected chi connectivity index (χ2v) is 9.38. The fraction of sp³-hybridized carbons (Fsp3) is 0.458. The number of carbonyl (C=O) groups excluding carboxylic acids is 1. The summed E-state index contributed by atoms with van der Waals surface area (Å²) in [6.45, 7) is 7.42. The lowest BCUT2D eigenvalue weighted by Gasteiger charge is -2.34. The van der Waals surface area contributed by atoms with Gasteiger partial charge in [0, 0.05) is 51.3 Å². The lowest BCUT2D eigenvalue weighted by molar-refractivity contribution is -0.0371. The molecule has 1 aliphatic heterocycles. The van der Waals surface area contributed by atoms with Gasteiger partial charge in [0.05, 0.1) is 30.5 Å². The Morgan fingerprint density at radius 3 is 2.74 bits per heavy atom. The third-order valence-electron chi connectivity index (χ3n) is 5.25. The van der Waals surface area contributed by atoms with E-state index in [4.69, 9.17) is 14.5 Å². The van der Waals surface area contributed by atoms with Crippen molar-refractivity contribution in [2.24, 2.45) is 0 Å². The molecule has 1 aliphatic rings. The number of morpholine rings is 1. The van der Waals surface area contributed by atoms with Gasteiger partial charge in [-0.15, -0.1) is 0 Å². The van der Waals surface area contributed by atoms with Crippen LogP contribution < -0.4 is 10.2 Å². The quantitative estimate of drug-likeness (QED) is 0.608. The Bertz CT molecular complexity index is 1150. The van der Waals surface area contributed by atoms with Crippen LogP contribution in [0.4, 0.5) is 16.4 Å². The minimum absolute atomic E-state index is 0.209. The molecule has 3 aromatic rings. The van der Waals surface area contributed by atoms with E-state index in [9.17, 15) is 4.79 Å². The molecule has 1 unspecified atom stereocenters. The number of amides is 1. The molecule has 10 heteroatoms. The number of ether oxygens (including phenoxy) is 2. The van der Waals surface area contributed by atoms with E-state index in [-0.39, 0.29) is 12.2 Å². The van der Waals surface area contributed by atoms with E-state index in [0.29, 0.717) is 37.6 Å². The van der Waals surface area contributed by atoms with Gasteiger partial charge in [0.1, 0.15) is 16.9 Å². The van der Waals surface area contributed by atoms with E-state index in [1.807, 2.05) is 58.0 Å². The highest BCUT2D eigenvalue weighted by Crippen LogP contribution is 2.26. The number of nitrogens with one attached hydrogen (secondary N) is 1.